The molecule has 0 bridgehead atoms. The number of nitrogens with two attached hydrogens (primary N) is 1. The van der Waals surface area contributed by atoms with E-state index in [-0.39, 0.29) is 0 Å². The summed E-state index contributed by atoms with van der Waals surface area (Å²) in [6.07, 6.45) is -0.638. The molecule has 22 heavy (non-hydrogen) atoms. The highest BCUT2D eigenvalue weighted by Crippen LogP contribution is 2.20. The van der Waals surface area contributed by atoms with Gasteiger partial charge in [0.15, 0.2) is 0 Å². The fourth-order valence-corrected chi connectivity index (χ4v) is 2.93. The molecule has 0 amide bonds. The molecule has 0 aliphatic heterocycles. The lowest BCUT2D eigenvalue weighted by Crippen LogP contribution is -2.39. The molecule has 4 nitrogen and oxygen atoms in total. The Kier molecular flexibility index (Phi) is 4.05. The van der Waals surface area contributed by atoms with Crippen LogP contribution in [0.2, 0.25) is 5.02 Å². The highest BCUT2D eigenvalue weighted by atomic mass is 35.5. The molecule has 3 N–H and O–H groups in total. The first-order valence-electron chi connectivity index (χ1n) is 7.32. The molecule has 0 radical (unpaired) electrons. The van der Waals surface area contributed by atoms with E-state index in [2.05, 4.69) is 6.92 Å². The molecule has 0 saturated heterocycles. The Morgan fingerprint density at radius 1 is 1.18 bits per heavy atom. The Hall–Kier alpha value is -2.04. The number of para-hydroxylation sites is 2. The van der Waals surface area contributed by atoms with Crippen molar-refractivity contribution in [1.82, 2.24) is 4.57 Å². The summed E-state index contributed by atoms with van der Waals surface area (Å²) in [6, 6.07) is 15.3. The molecular weight excluding hydrogens is 298 g/mol. The topological polar surface area (TPSA) is 55.1 Å². The zero-order chi connectivity index (χ0) is 15.7. The number of fused-ring (bicyclic) bond motifs is 1. The van der Waals surface area contributed by atoms with E-state index in [9.17, 15) is 5.11 Å². The first kappa shape index (κ1) is 14.9. The van der Waals surface area contributed by atoms with Crippen molar-refractivity contribution in [1.29, 1.82) is 0 Å². The van der Waals surface area contributed by atoms with Crippen LogP contribution >= 0.6 is 11.6 Å². The van der Waals surface area contributed by atoms with Crippen molar-refractivity contribution in [2.24, 2.45) is 0 Å². The molecule has 3 rings (SSSR count). The summed E-state index contributed by atoms with van der Waals surface area (Å²) in [6.45, 7) is 3.25. The van der Waals surface area contributed by atoms with Gasteiger partial charge in [-0.25, -0.2) is 9.13 Å². The van der Waals surface area contributed by atoms with Gasteiger partial charge in [0, 0.05) is 5.02 Å². The molecule has 0 spiro atoms. The molecular formula is C17H19ClN3O+. The monoisotopic (exact) mass is 316 g/mol. The minimum atomic E-state index is -0.638. The summed E-state index contributed by atoms with van der Waals surface area (Å²) >= 11 is 5.89. The van der Waals surface area contributed by atoms with Crippen molar-refractivity contribution in [2.45, 2.75) is 26.1 Å². The number of aliphatic hydroxyl groups excluding tert-OH is 1. The summed E-state index contributed by atoms with van der Waals surface area (Å²) in [5.41, 5.74) is 9.19. The van der Waals surface area contributed by atoms with Crippen molar-refractivity contribution in [3.63, 3.8) is 0 Å². The minimum Gasteiger partial charge on any atom is -0.385 e. The van der Waals surface area contributed by atoms with Crippen molar-refractivity contribution in [3.8, 4) is 0 Å². The Balaban J connectivity index is 2.00. The second-order valence-corrected chi connectivity index (χ2v) is 5.71. The zero-order valence-corrected chi connectivity index (χ0v) is 13.2. The van der Waals surface area contributed by atoms with Crippen LogP contribution < -0.4 is 10.3 Å². The number of aromatic nitrogens is 2. The van der Waals surface area contributed by atoms with Crippen LogP contribution in [0, 0.1) is 0 Å². The largest absolute Gasteiger partial charge is 0.385 e. The van der Waals surface area contributed by atoms with E-state index in [1.54, 1.807) is 12.1 Å². The van der Waals surface area contributed by atoms with Gasteiger partial charge >= 0.3 is 5.95 Å². The maximum absolute atomic E-state index is 10.5. The Labute approximate surface area is 134 Å². The second-order valence-electron chi connectivity index (χ2n) is 5.27. The van der Waals surface area contributed by atoms with Gasteiger partial charge in [-0.2, -0.15) is 0 Å². The van der Waals surface area contributed by atoms with Gasteiger partial charge in [0.1, 0.15) is 23.7 Å². The fraction of sp³-hybridized carbons (Fsp3) is 0.235. The molecule has 5 heteroatoms. The SMILES string of the molecule is CCn1c(N)[n+](CC(O)c2ccc(Cl)cc2)c2ccccc21. The summed E-state index contributed by atoms with van der Waals surface area (Å²) in [7, 11) is 0. The van der Waals surface area contributed by atoms with Crippen LogP contribution in [0.4, 0.5) is 5.95 Å². The Morgan fingerprint density at radius 2 is 1.86 bits per heavy atom. The molecule has 0 aliphatic rings. The van der Waals surface area contributed by atoms with E-state index in [1.807, 2.05) is 45.5 Å². The van der Waals surface area contributed by atoms with Crippen molar-refractivity contribution in [3.05, 3.63) is 59.1 Å². The normalized spacial score (nSPS) is 12.7. The van der Waals surface area contributed by atoms with Gasteiger partial charge in [-0.05, 0) is 36.8 Å². The number of halogens is 1. The molecule has 114 valence electrons. The zero-order valence-electron chi connectivity index (χ0n) is 12.4. The lowest BCUT2D eigenvalue weighted by molar-refractivity contribution is -0.666. The molecule has 0 aliphatic carbocycles. The molecule has 3 aromatic rings. The summed E-state index contributed by atoms with van der Waals surface area (Å²) < 4.78 is 4.00. The number of hydrogen-bond acceptors (Lipinski definition) is 2. The maximum atomic E-state index is 10.5. The number of aliphatic hydroxyl groups is 1. The minimum absolute atomic E-state index is 0.404. The van der Waals surface area contributed by atoms with Gasteiger partial charge in [0.2, 0.25) is 0 Å². The Morgan fingerprint density at radius 3 is 2.55 bits per heavy atom. The van der Waals surface area contributed by atoms with Gasteiger partial charge < -0.3 is 5.11 Å². The van der Waals surface area contributed by atoms with Gasteiger partial charge in [-0.15, -0.1) is 0 Å². The van der Waals surface area contributed by atoms with Gasteiger partial charge in [0.05, 0.1) is 6.54 Å². The molecule has 0 saturated carbocycles. The third-order valence-corrected chi connectivity index (χ3v) is 4.19. The summed E-state index contributed by atoms with van der Waals surface area (Å²) in [5, 5.41) is 11.2. The lowest BCUT2D eigenvalue weighted by atomic mass is 10.1. The Bertz CT molecular complexity index is 796. The van der Waals surface area contributed by atoms with E-state index in [1.165, 1.54) is 0 Å². The number of rotatable bonds is 4. The number of nitrogens with zero attached hydrogens (tertiary/aromatic N) is 2. The average Bonchev–Trinajstić information content (AvgIpc) is 2.80. The molecule has 1 atom stereocenters. The summed E-state index contributed by atoms with van der Waals surface area (Å²) in [4.78, 5) is 0. The molecule has 0 fully saturated rings. The number of imidazole rings is 1. The first-order valence-corrected chi connectivity index (χ1v) is 7.69. The standard InChI is InChI=1S/C17H18ClN3O/c1-2-20-14-5-3-4-6-15(14)21(17(20)19)11-16(22)12-7-9-13(18)10-8-12/h3-10,16,19,22H,2,11H2,1H3/p+1. The number of nitrogen functional groups attached to an aromatic ring is 1. The predicted octanol–water partition coefficient (Wildman–Crippen LogP) is 2.92. The van der Waals surface area contributed by atoms with Crippen LogP contribution in [-0.2, 0) is 13.1 Å². The van der Waals surface area contributed by atoms with Crippen LogP contribution in [0.5, 0.6) is 0 Å². The van der Waals surface area contributed by atoms with Crippen molar-refractivity contribution in [2.75, 3.05) is 5.73 Å². The van der Waals surface area contributed by atoms with Crippen molar-refractivity contribution < 1.29 is 9.67 Å². The quantitative estimate of drug-likeness (QED) is 0.727. The molecule has 2 aromatic carbocycles. The summed E-state index contributed by atoms with van der Waals surface area (Å²) in [5.74, 6) is 0.650. The van der Waals surface area contributed by atoms with Crippen LogP contribution in [-0.4, -0.2) is 9.67 Å². The van der Waals surface area contributed by atoms with Gasteiger partial charge in [-0.1, -0.05) is 35.9 Å². The smallest absolute Gasteiger partial charge is 0.356 e. The second kappa shape index (κ2) is 5.99. The highest BCUT2D eigenvalue weighted by molar-refractivity contribution is 6.30. The first-order chi connectivity index (χ1) is 10.6. The fourth-order valence-electron chi connectivity index (χ4n) is 2.80. The molecule has 1 heterocycles. The van der Waals surface area contributed by atoms with E-state index in [0.717, 1.165) is 23.1 Å². The third-order valence-electron chi connectivity index (χ3n) is 3.94. The van der Waals surface area contributed by atoms with Crippen LogP contribution in [0.1, 0.15) is 18.6 Å². The number of benzene rings is 2. The number of hydrogen-bond donors (Lipinski definition) is 2. The lowest BCUT2D eigenvalue weighted by Gasteiger charge is -2.10. The van der Waals surface area contributed by atoms with Crippen LogP contribution in [0.25, 0.3) is 11.0 Å². The van der Waals surface area contributed by atoms with Gasteiger partial charge in [-0.3, -0.25) is 5.73 Å². The highest BCUT2D eigenvalue weighted by Gasteiger charge is 2.22. The number of anilines is 1. The molecule has 1 aromatic heterocycles. The average molecular weight is 317 g/mol. The molecule has 1 unspecified atom stereocenters. The van der Waals surface area contributed by atoms with E-state index >= 15 is 0 Å². The van der Waals surface area contributed by atoms with Crippen LogP contribution in [0.3, 0.4) is 0 Å². The van der Waals surface area contributed by atoms with E-state index in [0.29, 0.717) is 17.5 Å². The van der Waals surface area contributed by atoms with Crippen LogP contribution in [0.15, 0.2) is 48.5 Å². The number of aryl methyl sites for hydroxylation is 1. The van der Waals surface area contributed by atoms with E-state index in [4.69, 9.17) is 17.3 Å². The predicted molar refractivity (Wildman–Crippen MR) is 88.6 cm³/mol. The van der Waals surface area contributed by atoms with E-state index < -0.39 is 6.10 Å². The third kappa shape index (κ3) is 2.56. The van der Waals surface area contributed by atoms with Crippen molar-refractivity contribution >= 4 is 28.6 Å². The maximum Gasteiger partial charge on any atom is 0.356 e. The van der Waals surface area contributed by atoms with Gasteiger partial charge in [0.25, 0.3) is 0 Å².